The van der Waals surface area contributed by atoms with Gasteiger partial charge in [-0.2, -0.15) is 8.78 Å². The van der Waals surface area contributed by atoms with Crippen molar-refractivity contribution in [2.75, 3.05) is 0 Å². The SMILES string of the molecule is CCCCCCc1ccc(-c2ccc(OC(F)F)cc2)c(-c2ccccc2)c1. The Morgan fingerprint density at radius 3 is 2.14 bits per heavy atom. The van der Waals surface area contributed by atoms with E-state index in [0.29, 0.717) is 0 Å². The molecule has 0 atom stereocenters. The minimum Gasteiger partial charge on any atom is -0.435 e. The number of rotatable bonds is 9. The van der Waals surface area contributed by atoms with E-state index in [4.69, 9.17) is 0 Å². The fraction of sp³-hybridized carbons (Fsp3) is 0.280. The normalized spacial score (nSPS) is 11.0. The van der Waals surface area contributed by atoms with Gasteiger partial charge in [0, 0.05) is 0 Å². The van der Waals surface area contributed by atoms with Crippen molar-refractivity contribution in [3.8, 4) is 28.0 Å². The zero-order valence-corrected chi connectivity index (χ0v) is 16.2. The van der Waals surface area contributed by atoms with Crippen molar-refractivity contribution in [2.45, 2.75) is 45.6 Å². The van der Waals surface area contributed by atoms with Crippen LogP contribution in [0.1, 0.15) is 38.2 Å². The van der Waals surface area contributed by atoms with E-state index in [-0.39, 0.29) is 5.75 Å². The highest BCUT2D eigenvalue weighted by atomic mass is 19.3. The summed E-state index contributed by atoms with van der Waals surface area (Å²) in [6.45, 7) is -0.586. The monoisotopic (exact) mass is 380 g/mol. The Bertz CT molecular complexity index is 857. The smallest absolute Gasteiger partial charge is 0.387 e. The molecule has 0 saturated carbocycles. The van der Waals surface area contributed by atoms with Crippen LogP contribution in [0.2, 0.25) is 0 Å². The average molecular weight is 380 g/mol. The number of benzene rings is 3. The molecule has 3 heteroatoms. The summed E-state index contributed by atoms with van der Waals surface area (Å²) in [6.07, 6.45) is 6.03. The van der Waals surface area contributed by atoms with Crippen LogP contribution in [0.3, 0.4) is 0 Å². The maximum absolute atomic E-state index is 12.4. The van der Waals surface area contributed by atoms with E-state index >= 15 is 0 Å². The second-order valence-electron chi connectivity index (χ2n) is 6.96. The van der Waals surface area contributed by atoms with Crippen molar-refractivity contribution in [2.24, 2.45) is 0 Å². The fourth-order valence-electron chi connectivity index (χ4n) is 3.43. The summed E-state index contributed by atoms with van der Waals surface area (Å²) in [5.41, 5.74) is 5.72. The van der Waals surface area contributed by atoms with Crippen LogP contribution in [-0.2, 0) is 6.42 Å². The molecule has 0 spiro atoms. The molecular formula is C25H26F2O. The Balaban J connectivity index is 1.91. The highest BCUT2D eigenvalue weighted by Crippen LogP contribution is 2.34. The molecule has 28 heavy (non-hydrogen) atoms. The van der Waals surface area contributed by atoms with Gasteiger partial charge in [-0.25, -0.2) is 0 Å². The Labute approximate surface area is 166 Å². The van der Waals surface area contributed by atoms with Crippen LogP contribution in [0.15, 0.2) is 72.8 Å². The summed E-state index contributed by atoms with van der Waals surface area (Å²) >= 11 is 0. The van der Waals surface area contributed by atoms with Crippen LogP contribution >= 0.6 is 0 Å². The molecule has 0 aliphatic rings. The number of alkyl halides is 2. The average Bonchev–Trinajstić information content (AvgIpc) is 2.72. The maximum atomic E-state index is 12.4. The molecule has 146 valence electrons. The first kappa shape index (κ1) is 20.1. The summed E-state index contributed by atoms with van der Waals surface area (Å²) in [4.78, 5) is 0. The van der Waals surface area contributed by atoms with Gasteiger partial charge in [0.15, 0.2) is 0 Å². The van der Waals surface area contributed by atoms with Crippen LogP contribution in [0.4, 0.5) is 8.78 Å². The highest BCUT2D eigenvalue weighted by molar-refractivity contribution is 5.84. The molecule has 0 aromatic heterocycles. The Morgan fingerprint density at radius 2 is 1.46 bits per heavy atom. The number of unbranched alkanes of at least 4 members (excludes halogenated alkanes) is 3. The molecule has 1 nitrogen and oxygen atoms in total. The second-order valence-corrected chi connectivity index (χ2v) is 6.96. The Morgan fingerprint density at radius 1 is 0.750 bits per heavy atom. The molecule has 0 aliphatic carbocycles. The third-order valence-corrected chi connectivity index (χ3v) is 4.88. The molecule has 3 rings (SSSR count). The van der Waals surface area contributed by atoms with Crippen molar-refractivity contribution in [1.29, 1.82) is 0 Å². The van der Waals surface area contributed by atoms with Gasteiger partial charge in [-0.15, -0.1) is 0 Å². The molecule has 0 saturated heterocycles. The maximum Gasteiger partial charge on any atom is 0.387 e. The summed E-state index contributed by atoms with van der Waals surface area (Å²) in [6, 6.07) is 23.7. The van der Waals surface area contributed by atoms with Crippen LogP contribution < -0.4 is 4.74 Å². The van der Waals surface area contributed by atoms with E-state index in [1.807, 2.05) is 30.3 Å². The Hall–Kier alpha value is -2.68. The number of hydrogen-bond acceptors (Lipinski definition) is 1. The van der Waals surface area contributed by atoms with E-state index in [1.165, 1.54) is 31.2 Å². The number of hydrogen-bond donors (Lipinski definition) is 0. The predicted octanol–water partition coefficient (Wildman–Crippen LogP) is 7.74. The molecule has 0 unspecified atom stereocenters. The van der Waals surface area contributed by atoms with Gasteiger partial charge in [0.2, 0.25) is 0 Å². The van der Waals surface area contributed by atoms with E-state index in [9.17, 15) is 8.78 Å². The molecule has 0 radical (unpaired) electrons. The first-order valence-corrected chi connectivity index (χ1v) is 9.91. The first-order chi connectivity index (χ1) is 13.7. The molecular weight excluding hydrogens is 354 g/mol. The molecule has 0 aliphatic heterocycles. The zero-order chi connectivity index (χ0) is 19.8. The van der Waals surface area contributed by atoms with E-state index in [0.717, 1.165) is 28.7 Å². The van der Waals surface area contributed by atoms with Gasteiger partial charge in [-0.05, 0) is 52.8 Å². The predicted molar refractivity (Wildman–Crippen MR) is 112 cm³/mol. The molecule has 0 heterocycles. The lowest BCUT2D eigenvalue weighted by atomic mass is 9.91. The quantitative estimate of drug-likeness (QED) is 0.345. The fourth-order valence-corrected chi connectivity index (χ4v) is 3.43. The lowest BCUT2D eigenvalue weighted by Crippen LogP contribution is -2.01. The van der Waals surface area contributed by atoms with Crippen LogP contribution in [0, 0.1) is 0 Å². The Kier molecular flexibility index (Phi) is 7.18. The minimum absolute atomic E-state index is 0.174. The number of aryl methyl sites for hydroxylation is 1. The molecule has 3 aromatic rings. The lowest BCUT2D eigenvalue weighted by molar-refractivity contribution is -0.0498. The van der Waals surface area contributed by atoms with Crippen molar-refractivity contribution in [3.63, 3.8) is 0 Å². The van der Waals surface area contributed by atoms with Gasteiger partial charge in [-0.1, -0.05) is 86.8 Å². The standard InChI is InChI=1S/C25H26F2O/c1-2-3-4-6-9-19-12-17-23(24(18-19)20-10-7-5-8-11-20)21-13-15-22(16-14-21)28-25(26)27/h5,7-8,10-18,25H,2-4,6,9H2,1H3. The summed E-state index contributed by atoms with van der Waals surface area (Å²) in [7, 11) is 0. The number of halogens is 2. The third kappa shape index (κ3) is 5.41. The van der Waals surface area contributed by atoms with Gasteiger partial charge in [0.1, 0.15) is 5.75 Å². The van der Waals surface area contributed by atoms with E-state index < -0.39 is 6.61 Å². The molecule has 0 bridgehead atoms. The third-order valence-electron chi connectivity index (χ3n) is 4.88. The molecule has 0 fully saturated rings. The molecule has 0 N–H and O–H groups in total. The van der Waals surface area contributed by atoms with E-state index in [1.54, 1.807) is 12.1 Å². The van der Waals surface area contributed by atoms with Crippen LogP contribution in [-0.4, -0.2) is 6.61 Å². The van der Waals surface area contributed by atoms with Gasteiger partial charge in [0.05, 0.1) is 0 Å². The lowest BCUT2D eigenvalue weighted by Gasteiger charge is -2.14. The second kappa shape index (κ2) is 10.0. The van der Waals surface area contributed by atoms with Crippen LogP contribution in [0.5, 0.6) is 5.75 Å². The summed E-state index contributed by atoms with van der Waals surface area (Å²) in [5.74, 6) is 0.174. The van der Waals surface area contributed by atoms with Crippen molar-refractivity contribution >= 4 is 0 Å². The first-order valence-electron chi connectivity index (χ1n) is 9.91. The zero-order valence-electron chi connectivity index (χ0n) is 16.2. The topological polar surface area (TPSA) is 9.23 Å². The van der Waals surface area contributed by atoms with Gasteiger partial charge < -0.3 is 4.74 Å². The molecule has 3 aromatic carbocycles. The van der Waals surface area contributed by atoms with Crippen molar-refractivity contribution < 1.29 is 13.5 Å². The summed E-state index contributed by atoms with van der Waals surface area (Å²) in [5, 5.41) is 0. The summed E-state index contributed by atoms with van der Waals surface area (Å²) < 4.78 is 29.3. The van der Waals surface area contributed by atoms with Crippen molar-refractivity contribution in [3.05, 3.63) is 78.4 Å². The minimum atomic E-state index is -2.81. The highest BCUT2D eigenvalue weighted by Gasteiger charge is 2.10. The van der Waals surface area contributed by atoms with Crippen LogP contribution in [0.25, 0.3) is 22.3 Å². The molecule has 0 amide bonds. The largest absolute Gasteiger partial charge is 0.435 e. The van der Waals surface area contributed by atoms with Gasteiger partial charge >= 0.3 is 6.61 Å². The van der Waals surface area contributed by atoms with E-state index in [2.05, 4.69) is 42.0 Å². The van der Waals surface area contributed by atoms with Crippen molar-refractivity contribution in [1.82, 2.24) is 0 Å². The van der Waals surface area contributed by atoms with Gasteiger partial charge in [-0.3, -0.25) is 0 Å². The van der Waals surface area contributed by atoms with Gasteiger partial charge in [0.25, 0.3) is 0 Å². The number of ether oxygens (including phenoxy) is 1.